The van der Waals surface area contributed by atoms with Crippen LogP contribution in [-0.2, 0) is 11.3 Å². The smallest absolute Gasteiger partial charge is 0.317 e. The predicted octanol–water partition coefficient (Wildman–Crippen LogP) is 2.87. The molecule has 1 saturated heterocycles. The number of piperidine rings is 1. The number of likely N-dealkylation sites (tertiary alicyclic amines) is 1. The number of halogens is 3. The van der Waals surface area contributed by atoms with Crippen molar-refractivity contribution in [2.24, 2.45) is 11.8 Å². The van der Waals surface area contributed by atoms with Crippen molar-refractivity contribution in [3.8, 4) is 0 Å². The Morgan fingerprint density at radius 2 is 2.04 bits per heavy atom. The lowest BCUT2D eigenvalue weighted by Crippen LogP contribution is -2.49. The molecule has 1 fully saturated rings. The minimum Gasteiger partial charge on any atom is -0.481 e. The monoisotopic (exact) mass is 346 g/mol. The van der Waals surface area contributed by atoms with E-state index in [0.717, 1.165) is 12.1 Å². The van der Waals surface area contributed by atoms with E-state index in [2.05, 4.69) is 5.32 Å². The lowest BCUT2D eigenvalue weighted by atomic mass is 9.91. The van der Waals surface area contributed by atoms with E-state index in [4.69, 9.17) is 16.7 Å². The number of nitrogens with one attached hydrogen (secondary N) is 1. The Morgan fingerprint density at radius 3 is 2.70 bits per heavy atom. The highest BCUT2D eigenvalue weighted by atomic mass is 35.5. The van der Waals surface area contributed by atoms with Gasteiger partial charge in [-0.15, -0.1) is 0 Å². The van der Waals surface area contributed by atoms with Crippen LogP contribution in [0.5, 0.6) is 0 Å². The standard InChI is InChI=1S/C15H17ClF2N2O3/c1-8-2-10(14(21)22)7-20(6-8)15(23)19-5-9-3-13(18)11(16)4-12(9)17/h3-4,8,10H,2,5-7H2,1H3,(H,19,23)(H,21,22). The van der Waals surface area contributed by atoms with Gasteiger partial charge in [-0.25, -0.2) is 13.6 Å². The highest BCUT2D eigenvalue weighted by molar-refractivity contribution is 6.30. The molecule has 2 amide bonds. The Labute approximate surface area is 137 Å². The minimum absolute atomic E-state index is 0.0277. The molecule has 0 radical (unpaired) electrons. The lowest BCUT2D eigenvalue weighted by Gasteiger charge is -2.34. The lowest BCUT2D eigenvalue weighted by molar-refractivity contribution is -0.143. The van der Waals surface area contributed by atoms with Crippen molar-refractivity contribution < 1.29 is 23.5 Å². The molecular formula is C15H17ClF2N2O3. The van der Waals surface area contributed by atoms with Crippen LogP contribution in [-0.4, -0.2) is 35.1 Å². The highest BCUT2D eigenvalue weighted by Crippen LogP contribution is 2.22. The number of hydrogen-bond donors (Lipinski definition) is 2. The molecule has 126 valence electrons. The number of hydrogen-bond acceptors (Lipinski definition) is 2. The van der Waals surface area contributed by atoms with Crippen molar-refractivity contribution >= 4 is 23.6 Å². The molecule has 2 unspecified atom stereocenters. The van der Waals surface area contributed by atoms with Gasteiger partial charge in [-0.1, -0.05) is 18.5 Å². The zero-order chi connectivity index (χ0) is 17.1. The molecule has 23 heavy (non-hydrogen) atoms. The molecule has 1 aromatic carbocycles. The molecule has 2 N–H and O–H groups in total. The van der Waals surface area contributed by atoms with Crippen LogP contribution in [0.25, 0.3) is 0 Å². The number of urea groups is 1. The fraction of sp³-hybridized carbons (Fsp3) is 0.467. The molecule has 1 heterocycles. The van der Waals surface area contributed by atoms with Crippen molar-refractivity contribution in [3.63, 3.8) is 0 Å². The number of aliphatic carboxylic acids is 1. The summed E-state index contributed by atoms with van der Waals surface area (Å²) in [4.78, 5) is 24.6. The maximum atomic E-state index is 13.7. The summed E-state index contributed by atoms with van der Waals surface area (Å²) in [5.74, 6) is -2.99. The highest BCUT2D eigenvalue weighted by Gasteiger charge is 2.31. The maximum Gasteiger partial charge on any atom is 0.317 e. The van der Waals surface area contributed by atoms with E-state index < -0.39 is 29.6 Å². The van der Waals surface area contributed by atoms with Crippen molar-refractivity contribution in [2.45, 2.75) is 19.9 Å². The molecular weight excluding hydrogens is 330 g/mol. The molecule has 1 aliphatic rings. The quantitative estimate of drug-likeness (QED) is 0.827. The summed E-state index contributed by atoms with van der Waals surface area (Å²) in [5, 5.41) is 11.2. The molecule has 1 aliphatic heterocycles. The molecule has 0 aromatic heterocycles. The van der Waals surface area contributed by atoms with Crippen LogP contribution >= 0.6 is 11.6 Å². The zero-order valence-corrected chi connectivity index (χ0v) is 13.2. The topological polar surface area (TPSA) is 69.6 Å². The van der Waals surface area contributed by atoms with Gasteiger partial charge in [0.1, 0.15) is 11.6 Å². The van der Waals surface area contributed by atoms with Gasteiger partial charge in [0.25, 0.3) is 0 Å². The largest absolute Gasteiger partial charge is 0.481 e. The summed E-state index contributed by atoms with van der Waals surface area (Å²) in [6.07, 6.45) is 0.510. The van der Waals surface area contributed by atoms with Gasteiger partial charge in [-0.05, 0) is 24.5 Å². The molecule has 5 nitrogen and oxygen atoms in total. The zero-order valence-electron chi connectivity index (χ0n) is 12.5. The van der Waals surface area contributed by atoms with E-state index in [-0.39, 0.29) is 29.6 Å². The fourth-order valence-electron chi connectivity index (χ4n) is 2.68. The number of carboxylic acid groups (broad SMARTS) is 1. The second-order valence-electron chi connectivity index (χ2n) is 5.80. The molecule has 0 bridgehead atoms. The van der Waals surface area contributed by atoms with E-state index >= 15 is 0 Å². The van der Waals surface area contributed by atoms with Crippen molar-refractivity contribution in [1.29, 1.82) is 0 Å². The molecule has 0 aliphatic carbocycles. The Kier molecular flexibility index (Phi) is 5.41. The van der Waals surface area contributed by atoms with Gasteiger partial charge in [0, 0.05) is 25.2 Å². The van der Waals surface area contributed by atoms with Crippen LogP contribution < -0.4 is 5.32 Å². The Hall–Kier alpha value is -1.89. The molecule has 0 spiro atoms. The van der Waals surface area contributed by atoms with E-state index in [1.807, 2.05) is 6.92 Å². The minimum atomic E-state index is -0.944. The van der Waals surface area contributed by atoms with Gasteiger partial charge in [0.15, 0.2) is 0 Å². The van der Waals surface area contributed by atoms with Gasteiger partial charge in [0.2, 0.25) is 0 Å². The van der Waals surface area contributed by atoms with Crippen LogP contribution in [0.3, 0.4) is 0 Å². The summed E-state index contributed by atoms with van der Waals surface area (Å²) < 4.78 is 27.0. The first-order valence-electron chi connectivity index (χ1n) is 7.17. The summed E-state index contributed by atoms with van der Waals surface area (Å²) >= 11 is 5.47. The SMILES string of the molecule is CC1CC(C(=O)O)CN(C(=O)NCc2cc(F)c(Cl)cc2F)C1. The predicted molar refractivity (Wildman–Crippen MR) is 80.1 cm³/mol. The normalized spacial score (nSPS) is 21.1. The third-order valence-corrected chi connectivity index (χ3v) is 4.11. The number of amides is 2. The number of carboxylic acids is 1. The Bertz CT molecular complexity index is 627. The Morgan fingerprint density at radius 1 is 1.35 bits per heavy atom. The number of nitrogens with zero attached hydrogens (tertiary/aromatic N) is 1. The average molecular weight is 347 g/mol. The van der Waals surface area contributed by atoms with Crippen LogP contribution in [0.4, 0.5) is 13.6 Å². The van der Waals surface area contributed by atoms with Gasteiger partial charge >= 0.3 is 12.0 Å². The Balaban J connectivity index is 1.99. The summed E-state index contributed by atoms with van der Waals surface area (Å²) in [7, 11) is 0. The van der Waals surface area contributed by atoms with Gasteiger partial charge in [-0.3, -0.25) is 4.79 Å². The van der Waals surface area contributed by atoms with Crippen LogP contribution in [0.1, 0.15) is 18.9 Å². The van der Waals surface area contributed by atoms with Crippen molar-refractivity contribution in [2.75, 3.05) is 13.1 Å². The first kappa shape index (κ1) is 17.5. The second-order valence-corrected chi connectivity index (χ2v) is 6.20. The van der Waals surface area contributed by atoms with E-state index in [9.17, 15) is 18.4 Å². The number of benzene rings is 1. The van der Waals surface area contributed by atoms with Gasteiger partial charge in [0.05, 0.1) is 10.9 Å². The number of carbonyl (C=O) groups excluding carboxylic acids is 1. The molecule has 8 heteroatoms. The third kappa shape index (κ3) is 4.31. The van der Waals surface area contributed by atoms with Crippen molar-refractivity contribution in [1.82, 2.24) is 10.2 Å². The summed E-state index contributed by atoms with van der Waals surface area (Å²) in [5.41, 5.74) is -0.0277. The number of carbonyl (C=O) groups is 2. The van der Waals surface area contributed by atoms with E-state index in [1.165, 1.54) is 4.90 Å². The maximum absolute atomic E-state index is 13.7. The average Bonchev–Trinajstić information content (AvgIpc) is 2.48. The van der Waals surface area contributed by atoms with Gasteiger partial charge in [-0.2, -0.15) is 0 Å². The molecule has 2 rings (SSSR count). The van der Waals surface area contributed by atoms with E-state index in [1.54, 1.807) is 0 Å². The van der Waals surface area contributed by atoms with E-state index in [0.29, 0.717) is 13.0 Å². The summed E-state index contributed by atoms with van der Waals surface area (Å²) in [6, 6.07) is 1.27. The first-order chi connectivity index (χ1) is 10.8. The first-order valence-corrected chi connectivity index (χ1v) is 7.54. The van der Waals surface area contributed by atoms with Crippen LogP contribution in [0, 0.1) is 23.5 Å². The molecule has 0 saturated carbocycles. The fourth-order valence-corrected chi connectivity index (χ4v) is 2.83. The third-order valence-electron chi connectivity index (χ3n) is 3.82. The molecule has 1 aromatic rings. The number of rotatable bonds is 3. The van der Waals surface area contributed by atoms with Crippen LogP contribution in [0.15, 0.2) is 12.1 Å². The molecule has 2 atom stereocenters. The van der Waals surface area contributed by atoms with Gasteiger partial charge < -0.3 is 15.3 Å². The summed E-state index contributed by atoms with van der Waals surface area (Å²) in [6.45, 7) is 2.18. The van der Waals surface area contributed by atoms with Crippen LogP contribution in [0.2, 0.25) is 5.02 Å². The second kappa shape index (κ2) is 7.12. The van der Waals surface area contributed by atoms with Crippen molar-refractivity contribution in [3.05, 3.63) is 34.4 Å².